The van der Waals surface area contributed by atoms with Gasteiger partial charge in [-0.2, -0.15) is 5.10 Å². The number of nitrogens with one attached hydrogen (secondary N) is 1. The molecule has 3 aliphatic rings. The first-order chi connectivity index (χ1) is 11.2. The van der Waals surface area contributed by atoms with E-state index in [1.165, 1.54) is 44.1 Å². The summed E-state index contributed by atoms with van der Waals surface area (Å²) in [6.45, 7) is 2.58. The number of carbonyl (C=O) groups is 1. The second kappa shape index (κ2) is 5.84. The van der Waals surface area contributed by atoms with Gasteiger partial charge in [0.05, 0.1) is 6.20 Å². The van der Waals surface area contributed by atoms with Crippen molar-refractivity contribution < 1.29 is 4.79 Å². The molecular formula is C18H28N4O. The van der Waals surface area contributed by atoms with Gasteiger partial charge in [0.1, 0.15) is 0 Å². The minimum atomic E-state index is 0.141. The van der Waals surface area contributed by atoms with Crippen LogP contribution in [0.3, 0.4) is 0 Å². The highest BCUT2D eigenvalue weighted by atomic mass is 16.2. The molecule has 3 fully saturated rings. The molecule has 4 rings (SSSR count). The number of carbonyl (C=O) groups excluding carboxylic acids is 1. The lowest BCUT2D eigenvalue weighted by Crippen LogP contribution is -2.51. The van der Waals surface area contributed by atoms with Gasteiger partial charge in [-0.1, -0.05) is 12.8 Å². The summed E-state index contributed by atoms with van der Waals surface area (Å²) < 4.78 is 1.84. The van der Waals surface area contributed by atoms with Crippen molar-refractivity contribution in [3.63, 3.8) is 0 Å². The highest BCUT2D eigenvalue weighted by Crippen LogP contribution is 2.53. The maximum absolute atomic E-state index is 12.5. The van der Waals surface area contributed by atoms with E-state index in [9.17, 15) is 4.79 Å². The number of aryl methyl sites for hydroxylation is 1. The fourth-order valence-corrected chi connectivity index (χ4v) is 4.61. The monoisotopic (exact) mass is 316 g/mol. The Kier molecular flexibility index (Phi) is 3.82. The Hall–Kier alpha value is -1.52. The molecule has 2 aliphatic carbocycles. The molecule has 1 aromatic heterocycles. The van der Waals surface area contributed by atoms with Crippen molar-refractivity contribution in [2.24, 2.45) is 18.4 Å². The third kappa shape index (κ3) is 2.74. The van der Waals surface area contributed by atoms with Gasteiger partial charge in [-0.05, 0) is 49.0 Å². The topological polar surface area (TPSA) is 50.2 Å². The summed E-state index contributed by atoms with van der Waals surface area (Å²) in [7, 11) is 1.95. The molecule has 1 unspecified atom stereocenters. The lowest BCUT2D eigenvalue weighted by molar-refractivity contribution is 0.00456. The molecule has 2 amide bonds. The van der Waals surface area contributed by atoms with Gasteiger partial charge in [-0.25, -0.2) is 4.79 Å². The number of amides is 2. The quantitative estimate of drug-likeness (QED) is 0.928. The highest BCUT2D eigenvalue weighted by molar-refractivity contribution is 5.74. The van der Waals surface area contributed by atoms with E-state index in [0.717, 1.165) is 32.0 Å². The summed E-state index contributed by atoms with van der Waals surface area (Å²) in [5.41, 5.74) is 1.70. The largest absolute Gasteiger partial charge is 0.337 e. The Bertz CT molecular complexity index is 573. The van der Waals surface area contributed by atoms with Crippen molar-refractivity contribution in [2.75, 3.05) is 19.6 Å². The van der Waals surface area contributed by atoms with Crippen LogP contribution in [0, 0.1) is 11.3 Å². The number of rotatable bonds is 4. The lowest BCUT2D eigenvalue weighted by Gasteiger charge is -2.52. The Morgan fingerprint density at radius 3 is 2.74 bits per heavy atom. The molecule has 5 nitrogen and oxygen atoms in total. The van der Waals surface area contributed by atoms with Crippen molar-refractivity contribution in [1.29, 1.82) is 0 Å². The van der Waals surface area contributed by atoms with E-state index in [1.54, 1.807) is 0 Å². The summed E-state index contributed by atoms with van der Waals surface area (Å²) in [4.78, 5) is 14.5. The van der Waals surface area contributed by atoms with Crippen LogP contribution in [0.1, 0.15) is 56.4 Å². The Morgan fingerprint density at radius 2 is 2.17 bits per heavy atom. The molecule has 0 bridgehead atoms. The van der Waals surface area contributed by atoms with Gasteiger partial charge in [0, 0.05) is 38.8 Å². The lowest BCUT2D eigenvalue weighted by atomic mass is 9.55. The number of aromatic nitrogens is 2. The second-order valence-electron chi connectivity index (χ2n) is 7.88. The van der Waals surface area contributed by atoms with Gasteiger partial charge in [-0.3, -0.25) is 4.68 Å². The Labute approximate surface area is 138 Å². The molecule has 1 N–H and O–H groups in total. The molecule has 0 radical (unpaired) electrons. The van der Waals surface area contributed by atoms with E-state index in [2.05, 4.69) is 16.6 Å². The predicted molar refractivity (Wildman–Crippen MR) is 89.2 cm³/mol. The summed E-state index contributed by atoms with van der Waals surface area (Å²) >= 11 is 0. The third-order valence-corrected chi connectivity index (χ3v) is 6.58. The average molecular weight is 316 g/mol. The molecule has 0 spiro atoms. The normalized spacial score (nSPS) is 26.7. The molecule has 1 atom stereocenters. The van der Waals surface area contributed by atoms with Gasteiger partial charge in [0.2, 0.25) is 0 Å². The van der Waals surface area contributed by atoms with Crippen LogP contribution in [0.25, 0.3) is 0 Å². The van der Waals surface area contributed by atoms with Crippen molar-refractivity contribution in [3.05, 3.63) is 18.0 Å². The van der Waals surface area contributed by atoms with Crippen LogP contribution in [0.5, 0.6) is 0 Å². The van der Waals surface area contributed by atoms with Crippen LogP contribution in [0.4, 0.5) is 4.79 Å². The van der Waals surface area contributed by atoms with Crippen LogP contribution in [-0.2, 0) is 7.05 Å². The molecule has 1 aromatic rings. The van der Waals surface area contributed by atoms with Gasteiger partial charge in [0.15, 0.2) is 0 Å². The molecule has 1 saturated heterocycles. The van der Waals surface area contributed by atoms with Gasteiger partial charge >= 0.3 is 6.03 Å². The zero-order chi connectivity index (χ0) is 15.9. The first kappa shape index (κ1) is 15.0. The number of likely N-dealkylation sites (tertiary alicyclic amines) is 1. The molecule has 2 saturated carbocycles. The van der Waals surface area contributed by atoms with Crippen molar-refractivity contribution >= 4 is 6.03 Å². The first-order valence-corrected chi connectivity index (χ1v) is 9.18. The van der Waals surface area contributed by atoms with E-state index in [-0.39, 0.29) is 6.03 Å². The van der Waals surface area contributed by atoms with Crippen LogP contribution in [-0.4, -0.2) is 40.3 Å². The molecule has 1 aliphatic heterocycles. The average Bonchev–Trinajstić information content (AvgIpc) is 3.07. The van der Waals surface area contributed by atoms with Gasteiger partial charge in [-0.15, -0.1) is 0 Å². The standard InChI is InChI=1S/C18H28N4O/c1-21-11-15(10-20-21)14-6-9-22(12-14)17(23)19-13-18(7-3-8-18)16-4-2-5-16/h10-11,14,16H,2-9,12-13H2,1H3,(H,19,23). The smallest absolute Gasteiger partial charge is 0.317 e. The summed E-state index contributed by atoms with van der Waals surface area (Å²) in [5.74, 6) is 1.32. The van der Waals surface area contributed by atoms with Gasteiger partial charge < -0.3 is 10.2 Å². The predicted octanol–water partition coefficient (Wildman–Crippen LogP) is 2.89. The number of hydrogen-bond acceptors (Lipinski definition) is 2. The highest BCUT2D eigenvalue weighted by Gasteiger charge is 2.46. The third-order valence-electron chi connectivity index (χ3n) is 6.58. The van der Waals surface area contributed by atoms with Crippen molar-refractivity contribution in [3.8, 4) is 0 Å². The van der Waals surface area contributed by atoms with Crippen molar-refractivity contribution in [2.45, 2.75) is 50.9 Å². The molecule has 2 heterocycles. The first-order valence-electron chi connectivity index (χ1n) is 9.18. The number of hydrogen-bond donors (Lipinski definition) is 1. The molecular weight excluding hydrogens is 288 g/mol. The van der Waals surface area contributed by atoms with E-state index in [1.807, 2.05) is 22.8 Å². The molecule has 23 heavy (non-hydrogen) atoms. The van der Waals surface area contributed by atoms with Gasteiger partial charge in [0.25, 0.3) is 0 Å². The van der Waals surface area contributed by atoms with Crippen molar-refractivity contribution in [1.82, 2.24) is 20.0 Å². The minimum Gasteiger partial charge on any atom is -0.337 e. The zero-order valence-corrected chi connectivity index (χ0v) is 14.1. The van der Waals surface area contributed by atoms with Crippen LogP contribution < -0.4 is 5.32 Å². The van der Waals surface area contributed by atoms with E-state index < -0.39 is 0 Å². The Morgan fingerprint density at radius 1 is 1.35 bits per heavy atom. The maximum Gasteiger partial charge on any atom is 0.317 e. The molecule has 5 heteroatoms. The summed E-state index contributed by atoms with van der Waals surface area (Å²) in [5, 5.41) is 7.51. The summed E-state index contributed by atoms with van der Waals surface area (Å²) in [6, 6.07) is 0.141. The fraction of sp³-hybridized carbons (Fsp3) is 0.778. The summed E-state index contributed by atoms with van der Waals surface area (Å²) in [6.07, 6.45) is 13.2. The maximum atomic E-state index is 12.5. The number of urea groups is 1. The number of nitrogens with zero attached hydrogens (tertiary/aromatic N) is 3. The van der Waals surface area contributed by atoms with E-state index in [4.69, 9.17) is 0 Å². The Balaban J connectivity index is 1.30. The molecule has 126 valence electrons. The van der Waals surface area contributed by atoms with Crippen LogP contribution >= 0.6 is 0 Å². The van der Waals surface area contributed by atoms with E-state index in [0.29, 0.717) is 11.3 Å². The SMILES string of the molecule is Cn1cc(C2CCN(C(=O)NCC3(C4CCC4)CCC3)C2)cn1. The molecule has 0 aromatic carbocycles. The van der Waals surface area contributed by atoms with E-state index >= 15 is 0 Å². The fourth-order valence-electron chi connectivity index (χ4n) is 4.61. The second-order valence-corrected chi connectivity index (χ2v) is 7.88. The minimum absolute atomic E-state index is 0.141. The zero-order valence-electron chi connectivity index (χ0n) is 14.1. The van der Waals surface area contributed by atoms with Crippen LogP contribution in [0.2, 0.25) is 0 Å². The van der Waals surface area contributed by atoms with Crippen LogP contribution in [0.15, 0.2) is 12.4 Å².